The van der Waals surface area contributed by atoms with E-state index < -0.39 is 35.6 Å². The van der Waals surface area contributed by atoms with Crippen molar-refractivity contribution in [2.75, 3.05) is 13.7 Å². The van der Waals surface area contributed by atoms with Crippen molar-refractivity contribution in [3.8, 4) is 0 Å². The van der Waals surface area contributed by atoms with Gasteiger partial charge in [-0.25, -0.2) is 0 Å². The molecule has 9 heteroatoms. The van der Waals surface area contributed by atoms with Crippen LogP contribution < -0.4 is 0 Å². The zero-order chi connectivity index (χ0) is 26.0. The maximum absolute atomic E-state index is 11.0. The Labute approximate surface area is 215 Å². The number of rotatable bonds is 12. The number of benzene rings is 3. The zero-order valence-corrected chi connectivity index (χ0v) is 20.6. The minimum Gasteiger partial charge on any atom is -0.394 e. The molecule has 0 aliphatic carbocycles. The van der Waals surface area contributed by atoms with Crippen molar-refractivity contribution in [2.45, 2.75) is 50.5 Å². The third-order valence-corrected chi connectivity index (χ3v) is 6.16. The van der Waals surface area contributed by atoms with Crippen LogP contribution >= 0.6 is 0 Å². The monoisotopic (exact) mass is 509 g/mol. The second kappa shape index (κ2) is 13.4. The maximum Gasteiger partial charge on any atom is 0.269 e. The molecule has 5 atom stereocenters. The zero-order valence-electron chi connectivity index (χ0n) is 20.6. The van der Waals surface area contributed by atoms with Crippen LogP contribution in [-0.4, -0.2) is 54.5 Å². The lowest BCUT2D eigenvalue weighted by molar-refractivity contribution is -0.384. The average Bonchev–Trinajstić information content (AvgIpc) is 2.95. The summed E-state index contributed by atoms with van der Waals surface area (Å²) in [6.45, 7) is 0.442. The normalized spacial score (nSPS) is 23.6. The molecule has 1 N–H and O–H groups in total. The number of aliphatic hydroxyl groups is 1. The Morgan fingerprint density at radius 3 is 1.73 bits per heavy atom. The van der Waals surface area contributed by atoms with Crippen LogP contribution in [0.25, 0.3) is 0 Å². The van der Waals surface area contributed by atoms with Crippen molar-refractivity contribution >= 4 is 5.69 Å². The summed E-state index contributed by atoms with van der Waals surface area (Å²) >= 11 is 0. The van der Waals surface area contributed by atoms with Gasteiger partial charge in [-0.15, -0.1) is 0 Å². The summed E-state index contributed by atoms with van der Waals surface area (Å²) in [6.07, 6.45) is -3.52. The number of hydrogen-bond acceptors (Lipinski definition) is 8. The van der Waals surface area contributed by atoms with Crippen LogP contribution in [0.15, 0.2) is 84.9 Å². The van der Waals surface area contributed by atoms with Gasteiger partial charge in [0.15, 0.2) is 6.29 Å². The Kier molecular flexibility index (Phi) is 9.72. The Hall–Kier alpha value is -3.18. The second-order valence-electron chi connectivity index (χ2n) is 8.68. The van der Waals surface area contributed by atoms with Crippen LogP contribution in [0.5, 0.6) is 0 Å². The van der Waals surface area contributed by atoms with E-state index >= 15 is 0 Å². The second-order valence-corrected chi connectivity index (χ2v) is 8.68. The molecule has 0 aromatic heterocycles. The van der Waals surface area contributed by atoms with Crippen LogP contribution in [0.3, 0.4) is 0 Å². The summed E-state index contributed by atoms with van der Waals surface area (Å²) in [6, 6.07) is 25.6. The molecule has 1 aliphatic rings. The first kappa shape index (κ1) is 26.9. The minimum absolute atomic E-state index is 0.00347. The van der Waals surface area contributed by atoms with Crippen LogP contribution in [-0.2, 0) is 43.5 Å². The van der Waals surface area contributed by atoms with Crippen LogP contribution in [0.4, 0.5) is 5.69 Å². The summed E-state index contributed by atoms with van der Waals surface area (Å²) in [4.78, 5) is 10.5. The fourth-order valence-electron chi connectivity index (χ4n) is 4.22. The third kappa shape index (κ3) is 7.20. The van der Waals surface area contributed by atoms with Crippen molar-refractivity contribution < 1.29 is 33.7 Å². The molecule has 0 bridgehead atoms. The molecule has 37 heavy (non-hydrogen) atoms. The molecule has 0 saturated carbocycles. The first-order valence-electron chi connectivity index (χ1n) is 12.0. The van der Waals surface area contributed by atoms with Gasteiger partial charge in [0.1, 0.15) is 24.4 Å². The number of nitro benzene ring substituents is 1. The van der Waals surface area contributed by atoms with Gasteiger partial charge in [-0.2, -0.15) is 0 Å². The SMILES string of the molecule is CO[C@H]1O[C@H](CO)[C@@H](OCc2ccccc2)[C@H](OCc2ccccc2)[C@H]1OCc1ccc([N+](=O)[O-])cc1. The van der Waals surface area contributed by atoms with Gasteiger partial charge in [-0.1, -0.05) is 60.7 Å². The fourth-order valence-corrected chi connectivity index (χ4v) is 4.22. The molecule has 1 fully saturated rings. The van der Waals surface area contributed by atoms with E-state index in [1.165, 1.54) is 19.2 Å². The molecule has 4 rings (SSSR count). The third-order valence-electron chi connectivity index (χ3n) is 6.16. The van der Waals surface area contributed by atoms with Crippen LogP contribution in [0.1, 0.15) is 16.7 Å². The quantitative estimate of drug-likeness (QED) is 0.288. The van der Waals surface area contributed by atoms with Gasteiger partial charge >= 0.3 is 0 Å². The Morgan fingerprint density at radius 2 is 1.24 bits per heavy atom. The first-order valence-corrected chi connectivity index (χ1v) is 12.0. The molecule has 0 radical (unpaired) electrons. The van der Waals surface area contributed by atoms with Gasteiger partial charge in [-0.05, 0) is 28.8 Å². The van der Waals surface area contributed by atoms with E-state index in [9.17, 15) is 15.2 Å². The van der Waals surface area contributed by atoms with E-state index in [1.54, 1.807) is 12.1 Å². The summed E-state index contributed by atoms with van der Waals surface area (Å²) in [5.74, 6) is 0. The van der Waals surface area contributed by atoms with E-state index in [2.05, 4.69) is 0 Å². The molecule has 0 unspecified atom stereocenters. The van der Waals surface area contributed by atoms with E-state index in [0.29, 0.717) is 13.2 Å². The number of non-ortho nitro benzene ring substituents is 1. The predicted octanol–water partition coefficient (Wildman–Crippen LogP) is 4.01. The number of hydrogen-bond donors (Lipinski definition) is 1. The lowest BCUT2D eigenvalue weighted by atomic mass is 9.98. The van der Waals surface area contributed by atoms with Crippen molar-refractivity contribution in [3.05, 3.63) is 112 Å². The van der Waals surface area contributed by atoms with E-state index in [-0.39, 0.29) is 18.9 Å². The van der Waals surface area contributed by atoms with Crippen LogP contribution in [0, 0.1) is 10.1 Å². The molecule has 1 heterocycles. The molecule has 9 nitrogen and oxygen atoms in total. The van der Waals surface area contributed by atoms with E-state index in [0.717, 1.165) is 16.7 Å². The molecule has 1 saturated heterocycles. The van der Waals surface area contributed by atoms with Gasteiger partial charge < -0.3 is 28.8 Å². The Morgan fingerprint density at radius 1 is 0.757 bits per heavy atom. The predicted molar refractivity (Wildman–Crippen MR) is 134 cm³/mol. The minimum atomic E-state index is -0.826. The molecule has 0 spiro atoms. The summed E-state index contributed by atoms with van der Waals surface area (Å²) < 4.78 is 30.5. The van der Waals surface area contributed by atoms with Crippen molar-refractivity contribution in [2.24, 2.45) is 0 Å². The smallest absolute Gasteiger partial charge is 0.269 e. The van der Waals surface area contributed by atoms with Gasteiger partial charge in [0.25, 0.3) is 5.69 Å². The highest BCUT2D eigenvalue weighted by Crippen LogP contribution is 2.31. The lowest BCUT2D eigenvalue weighted by Crippen LogP contribution is -2.61. The molecular formula is C28H31NO8. The van der Waals surface area contributed by atoms with Gasteiger partial charge in [0, 0.05) is 19.2 Å². The number of methoxy groups -OCH3 is 1. The number of nitrogens with zero attached hydrogens (tertiary/aromatic N) is 1. The summed E-state index contributed by atoms with van der Waals surface area (Å²) in [5, 5.41) is 21.1. The van der Waals surface area contributed by atoms with E-state index in [1.807, 2.05) is 60.7 Å². The largest absolute Gasteiger partial charge is 0.394 e. The highest BCUT2D eigenvalue weighted by molar-refractivity contribution is 5.32. The molecule has 196 valence electrons. The van der Waals surface area contributed by atoms with Gasteiger partial charge in [-0.3, -0.25) is 10.1 Å². The molecule has 3 aromatic carbocycles. The Balaban J connectivity index is 1.55. The lowest BCUT2D eigenvalue weighted by Gasteiger charge is -2.45. The van der Waals surface area contributed by atoms with Crippen molar-refractivity contribution in [1.82, 2.24) is 0 Å². The highest BCUT2D eigenvalue weighted by atomic mass is 16.7. The van der Waals surface area contributed by atoms with Crippen LogP contribution in [0.2, 0.25) is 0 Å². The topological polar surface area (TPSA) is 110 Å². The summed E-state index contributed by atoms with van der Waals surface area (Å²) in [7, 11) is 1.50. The number of nitro groups is 1. The maximum atomic E-state index is 11.0. The van der Waals surface area contributed by atoms with Crippen molar-refractivity contribution in [3.63, 3.8) is 0 Å². The van der Waals surface area contributed by atoms with E-state index in [4.69, 9.17) is 23.7 Å². The average molecular weight is 510 g/mol. The molecule has 3 aromatic rings. The van der Waals surface area contributed by atoms with Gasteiger partial charge in [0.2, 0.25) is 0 Å². The standard InChI is InChI=1S/C28H31NO8/c1-33-28-27(36-19-22-12-14-23(15-13-22)29(31)32)26(35-18-21-10-6-3-7-11-21)25(24(16-30)37-28)34-17-20-8-4-2-5-9-20/h2-15,24-28,30H,16-19H2,1H3/t24-,25-,26+,27-,28+/m1/s1. The number of ether oxygens (including phenoxy) is 5. The highest BCUT2D eigenvalue weighted by Gasteiger charge is 2.48. The Bertz CT molecular complexity index is 1100. The fraction of sp³-hybridized carbons (Fsp3) is 0.357. The van der Waals surface area contributed by atoms with Gasteiger partial charge in [0.05, 0.1) is 31.4 Å². The summed E-state index contributed by atoms with van der Waals surface area (Å²) in [5.41, 5.74) is 2.69. The molecule has 1 aliphatic heterocycles. The molecular weight excluding hydrogens is 478 g/mol. The first-order chi connectivity index (χ1) is 18.1. The molecule has 0 amide bonds. The van der Waals surface area contributed by atoms with Crippen molar-refractivity contribution in [1.29, 1.82) is 0 Å². The number of aliphatic hydroxyl groups excluding tert-OH is 1.